The van der Waals surface area contributed by atoms with E-state index in [9.17, 15) is 0 Å². The van der Waals surface area contributed by atoms with Gasteiger partial charge in [-0.05, 0) is 29.8 Å². The molecule has 0 radical (unpaired) electrons. The van der Waals surface area contributed by atoms with Crippen LogP contribution in [0.4, 0.5) is 0 Å². The van der Waals surface area contributed by atoms with E-state index in [1.165, 1.54) is 16.4 Å². The molecular weight excluding hydrogens is 383 g/mol. The molecule has 3 aromatic heterocycles. The lowest BCUT2D eigenvalue weighted by atomic mass is 10.2. The fourth-order valence-electron chi connectivity index (χ4n) is 2.09. The van der Waals surface area contributed by atoms with E-state index in [0.29, 0.717) is 32.5 Å². The van der Waals surface area contributed by atoms with Gasteiger partial charge < -0.3 is 4.42 Å². The van der Waals surface area contributed by atoms with Crippen molar-refractivity contribution in [1.82, 2.24) is 24.5 Å². The highest BCUT2D eigenvalue weighted by Gasteiger charge is 2.12. The minimum absolute atomic E-state index is 0.507. The van der Waals surface area contributed by atoms with Crippen LogP contribution in [0.5, 0.6) is 0 Å². The lowest BCUT2D eigenvalue weighted by Crippen LogP contribution is -1.90. The predicted octanol–water partition coefficient (Wildman–Crippen LogP) is 4.00. The van der Waals surface area contributed by atoms with Gasteiger partial charge in [-0.3, -0.25) is 0 Å². The van der Waals surface area contributed by atoms with E-state index in [-0.39, 0.29) is 0 Å². The average Bonchev–Trinajstić information content (AvgIpc) is 3.31. The Balaban J connectivity index is 1.53. The van der Waals surface area contributed by atoms with Gasteiger partial charge in [0.25, 0.3) is 5.78 Å². The third kappa shape index (κ3) is 3.41. The second kappa shape index (κ2) is 6.91. The number of furan rings is 1. The summed E-state index contributed by atoms with van der Waals surface area (Å²) in [6.07, 6.45) is 4.72. The van der Waals surface area contributed by atoms with Crippen molar-refractivity contribution in [2.24, 2.45) is 5.10 Å². The Morgan fingerprint density at radius 2 is 2.16 bits per heavy atom. The molecule has 10 heteroatoms. The van der Waals surface area contributed by atoms with Crippen LogP contribution in [0.2, 0.25) is 10.0 Å². The first-order valence-corrected chi connectivity index (χ1v) is 8.88. The van der Waals surface area contributed by atoms with Crippen LogP contribution in [0.1, 0.15) is 11.3 Å². The highest BCUT2D eigenvalue weighted by Crippen LogP contribution is 2.27. The zero-order chi connectivity index (χ0) is 17.2. The van der Waals surface area contributed by atoms with Gasteiger partial charge in [-0.15, -0.1) is 10.2 Å². The van der Waals surface area contributed by atoms with Gasteiger partial charge in [0.2, 0.25) is 5.16 Å². The lowest BCUT2D eigenvalue weighted by Gasteiger charge is -2.02. The molecule has 25 heavy (non-hydrogen) atoms. The Morgan fingerprint density at radius 1 is 1.24 bits per heavy atom. The van der Waals surface area contributed by atoms with E-state index in [0.717, 1.165) is 5.56 Å². The Bertz CT molecular complexity index is 1040. The van der Waals surface area contributed by atoms with Crippen LogP contribution in [0.3, 0.4) is 0 Å². The molecule has 0 saturated heterocycles. The van der Waals surface area contributed by atoms with E-state index in [2.05, 4.69) is 20.4 Å². The number of hydrogen-bond donors (Lipinski definition) is 0. The molecule has 7 nitrogen and oxygen atoms in total. The monoisotopic (exact) mass is 392 g/mol. The van der Waals surface area contributed by atoms with Gasteiger partial charge in [-0.2, -0.15) is 19.4 Å². The van der Waals surface area contributed by atoms with Crippen LogP contribution in [0, 0.1) is 0 Å². The molecule has 0 spiro atoms. The first-order valence-electron chi connectivity index (χ1n) is 7.14. The number of halogens is 2. The summed E-state index contributed by atoms with van der Waals surface area (Å²) in [6, 6.07) is 9.01. The van der Waals surface area contributed by atoms with Crippen molar-refractivity contribution < 1.29 is 4.42 Å². The highest BCUT2D eigenvalue weighted by atomic mass is 35.5. The fraction of sp³-hybridized carbons (Fsp3) is 0.0667. The first-order chi connectivity index (χ1) is 12.2. The van der Waals surface area contributed by atoms with E-state index >= 15 is 0 Å². The van der Waals surface area contributed by atoms with Crippen molar-refractivity contribution in [1.29, 1.82) is 0 Å². The average molecular weight is 393 g/mol. The third-order valence-electron chi connectivity index (χ3n) is 3.30. The molecule has 0 aliphatic carbocycles. The molecule has 4 aromatic rings. The normalized spacial score (nSPS) is 11.8. The maximum atomic E-state index is 6.19. The molecule has 0 aliphatic rings. The van der Waals surface area contributed by atoms with Crippen LogP contribution >= 0.6 is 35.0 Å². The quantitative estimate of drug-likeness (QED) is 0.379. The molecule has 0 amide bonds. The summed E-state index contributed by atoms with van der Waals surface area (Å²) >= 11 is 13.6. The van der Waals surface area contributed by atoms with Crippen molar-refractivity contribution >= 4 is 47.0 Å². The molecule has 126 valence electrons. The summed E-state index contributed by atoms with van der Waals surface area (Å²) in [4.78, 5) is 0. The number of hydrogen-bond acceptors (Lipinski definition) is 6. The van der Waals surface area contributed by atoms with Crippen LogP contribution in [0.15, 0.2) is 57.6 Å². The van der Waals surface area contributed by atoms with Gasteiger partial charge in [0.05, 0.1) is 12.5 Å². The van der Waals surface area contributed by atoms with Gasteiger partial charge in [0.15, 0.2) is 0 Å². The summed E-state index contributed by atoms with van der Waals surface area (Å²) in [6.45, 7) is 0. The number of fused-ring (bicyclic) bond motifs is 1. The zero-order valence-corrected chi connectivity index (χ0v) is 14.9. The number of rotatable bonds is 5. The van der Waals surface area contributed by atoms with Crippen molar-refractivity contribution in [3.8, 4) is 0 Å². The summed E-state index contributed by atoms with van der Waals surface area (Å²) in [5.74, 6) is 1.77. The third-order valence-corrected chi connectivity index (χ3v) is 4.86. The molecule has 3 heterocycles. The van der Waals surface area contributed by atoms with Gasteiger partial charge in [0, 0.05) is 15.8 Å². The van der Waals surface area contributed by atoms with Crippen molar-refractivity contribution in [2.45, 2.75) is 10.9 Å². The molecule has 0 aliphatic heterocycles. The summed E-state index contributed by atoms with van der Waals surface area (Å²) in [7, 11) is 0. The van der Waals surface area contributed by atoms with Gasteiger partial charge >= 0.3 is 0 Å². The van der Waals surface area contributed by atoms with Crippen LogP contribution in [-0.4, -0.2) is 30.7 Å². The van der Waals surface area contributed by atoms with E-state index < -0.39 is 0 Å². The number of benzene rings is 1. The second-order valence-electron chi connectivity index (χ2n) is 4.95. The predicted molar refractivity (Wildman–Crippen MR) is 96.5 cm³/mol. The van der Waals surface area contributed by atoms with Crippen LogP contribution < -0.4 is 0 Å². The van der Waals surface area contributed by atoms with Gasteiger partial charge in [-0.25, -0.2) is 0 Å². The lowest BCUT2D eigenvalue weighted by molar-refractivity contribution is 0.559. The highest BCUT2D eigenvalue weighted by molar-refractivity contribution is 7.98. The molecule has 0 fully saturated rings. The van der Waals surface area contributed by atoms with Crippen molar-refractivity contribution in [3.05, 3.63) is 64.3 Å². The number of nitrogens with zero attached hydrogens (tertiary/aromatic N) is 6. The van der Waals surface area contributed by atoms with E-state index in [1.807, 2.05) is 6.07 Å². The van der Waals surface area contributed by atoms with Crippen molar-refractivity contribution in [3.63, 3.8) is 0 Å². The maximum absolute atomic E-state index is 6.19. The molecule has 0 saturated carbocycles. The molecule has 0 bridgehead atoms. The van der Waals surface area contributed by atoms with Gasteiger partial charge in [-0.1, -0.05) is 41.0 Å². The standard InChI is InChI=1S/C15H10Cl2N6OS/c16-11-4-3-10(13(17)6-11)8-25-15-21-20-14-22(9-19-23(14)15)18-7-12-2-1-5-24-12/h1-7,9H,8H2/b18-7+. The fourth-order valence-corrected chi connectivity index (χ4v) is 3.53. The molecule has 1 aromatic carbocycles. The first kappa shape index (κ1) is 16.2. The SMILES string of the molecule is Clc1ccc(CSc2nnc3n(/N=C/c4ccco4)cnn23)c(Cl)c1. The Kier molecular flexibility index (Phi) is 4.48. The topological polar surface area (TPSA) is 73.5 Å². The summed E-state index contributed by atoms with van der Waals surface area (Å²) < 4.78 is 8.35. The number of aromatic nitrogens is 5. The van der Waals surface area contributed by atoms with E-state index in [4.69, 9.17) is 27.6 Å². The van der Waals surface area contributed by atoms with Crippen LogP contribution in [-0.2, 0) is 5.75 Å². The van der Waals surface area contributed by atoms with Crippen molar-refractivity contribution in [2.75, 3.05) is 0 Å². The Morgan fingerprint density at radius 3 is 2.96 bits per heavy atom. The Labute approximate surface area is 156 Å². The summed E-state index contributed by atoms with van der Waals surface area (Å²) in [5.41, 5.74) is 0.961. The number of thioether (sulfide) groups is 1. The Hall–Kier alpha value is -2.29. The molecule has 0 unspecified atom stereocenters. The molecular formula is C15H10Cl2N6OS. The van der Waals surface area contributed by atoms with E-state index in [1.54, 1.807) is 47.6 Å². The molecule has 4 rings (SSSR count). The minimum atomic E-state index is 0.507. The maximum Gasteiger partial charge on any atom is 0.275 e. The molecule has 0 N–H and O–H groups in total. The van der Waals surface area contributed by atoms with Gasteiger partial charge in [0.1, 0.15) is 12.1 Å². The molecule has 0 atom stereocenters. The van der Waals surface area contributed by atoms with Crippen LogP contribution in [0.25, 0.3) is 5.78 Å². The zero-order valence-electron chi connectivity index (χ0n) is 12.6. The largest absolute Gasteiger partial charge is 0.463 e. The smallest absolute Gasteiger partial charge is 0.275 e. The minimum Gasteiger partial charge on any atom is -0.463 e. The second-order valence-corrected chi connectivity index (χ2v) is 6.74. The summed E-state index contributed by atoms with van der Waals surface area (Å²) in [5, 5.41) is 18.7.